The predicted octanol–water partition coefficient (Wildman–Crippen LogP) is 0.111. The van der Waals surface area contributed by atoms with Crippen LogP contribution >= 0.6 is 0 Å². The van der Waals surface area contributed by atoms with Crippen LogP contribution in [0.5, 0.6) is 0 Å². The first-order valence-corrected chi connectivity index (χ1v) is 8.36. The molecule has 1 aliphatic rings. The maximum atomic E-state index is 11.6. The van der Waals surface area contributed by atoms with Crippen LogP contribution in [0.2, 0.25) is 0 Å². The van der Waals surface area contributed by atoms with E-state index in [0.29, 0.717) is 12.1 Å². The largest absolute Gasteiger partial charge is 0.351 e. The Balaban J connectivity index is 1.70. The highest BCUT2D eigenvalue weighted by Gasteiger charge is 2.28. The molecule has 7 nitrogen and oxygen atoms in total. The van der Waals surface area contributed by atoms with Gasteiger partial charge in [0.2, 0.25) is 5.91 Å². The monoisotopic (exact) mass is 311 g/mol. The van der Waals surface area contributed by atoms with Gasteiger partial charge < -0.3 is 16.0 Å². The Kier molecular flexibility index (Phi) is 4.79. The van der Waals surface area contributed by atoms with Crippen molar-refractivity contribution in [3.05, 3.63) is 30.3 Å². The molecule has 2 rings (SSSR count). The third-order valence-corrected chi connectivity index (χ3v) is 4.81. The zero-order chi connectivity index (χ0) is 15.3. The number of rotatable bonds is 4. The molecule has 1 aromatic rings. The van der Waals surface area contributed by atoms with Crippen LogP contribution in [0.15, 0.2) is 30.3 Å². The average molecular weight is 311 g/mol. The van der Waals surface area contributed by atoms with Crippen LogP contribution in [0, 0.1) is 0 Å². The maximum absolute atomic E-state index is 11.6. The second-order valence-electron chi connectivity index (χ2n) is 4.84. The second kappa shape index (κ2) is 6.57. The number of sulfone groups is 1. The molecule has 1 heterocycles. The molecule has 0 aliphatic carbocycles. The molecule has 0 radical (unpaired) electrons. The van der Waals surface area contributed by atoms with Crippen molar-refractivity contribution in [3.63, 3.8) is 0 Å². The summed E-state index contributed by atoms with van der Waals surface area (Å²) in [4.78, 5) is 23.2. The van der Waals surface area contributed by atoms with E-state index >= 15 is 0 Å². The summed E-state index contributed by atoms with van der Waals surface area (Å²) < 4.78 is 22.5. The van der Waals surface area contributed by atoms with E-state index in [4.69, 9.17) is 0 Å². The van der Waals surface area contributed by atoms with Crippen LogP contribution in [0.4, 0.5) is 10.5 Å². The molecule has 3 amide bonds. The van der Waals surface area contributed by atoms with E-state index in [1.54, 1.807) is 24.3 Å². The Hall–Kier alpha value is -2.09. The van der Waals surface area contributed by atoms with Crippen molar-refractivity contribution in [1.29, 1.82) is 0 Å². The fourth-order valence-electron chi connectivity index (χ4n) is 2.04. The van der Waals surface area contributed by atoms with E-state index < -0.39 is 21.8 Å². The van der Waals surface area contributed by atoms with Gasteiger partial charge in [-0.05, 0) is 18.6 Å². The summed E-state index contributed by atoms with van der Waals surface area (Å²) in [6, 6.07) is 7.99. The molecule has 0 bridgehead atoms. The van der Waals surface area contributed by atoms with Gasteiger partial charge in [0.05, 0.1) is 18.1 Å². The molecular weight excluding hydrogens is 294 g/mol. The number of amides is 3. The molecule has 1 saturated heterocycles. The molecule has 1 aromatic carbocycles. The highest BCUT2D eigenvalue weighted by Crippen LogP contribution is 2.10. The Labute approximate surface area is 123 Å². The number of hydrogen-bond donors (Lipinski definition) is 3. The van der Waals surface area contributed by atoms with E-state index in [-0.39, 0.29) is 24.1 Å². The molecule has 1 aliphatic heterocycles. The number of carbonyl (C=O) groups is 2. The van der Waals surface area contributed by atoms with Gasteiger partial charge in [-0.3, -0.25) is 4.79 Å². The summed E-state index contributed by atoms with van der Waals surface area (Å²) in [5, 5.41) is 7.59. The first-order valence-electron chi connectivity index (χ1n) is 6.54. The molecule has 114 valence electrons. The number of carbonyl (C=O) groups excluding carboxylic acids is 2. The van der Waals surface area contributed by atoms with Gasteiger partial charge >= 0.3 is 6.03 Å². The predicted molar refractivity (Wildman–Crippen MR) is 78.7 cm³/mol. The SMILES string of the molecule is O=C(CNC(=O)Nc1ccccc1)NC1CCS(=O)(=O)C1. The van der Waals surface area contributed by atoms with Crippen LogP contribution in [0.25, 0.3) is 0 Å². The normalized spacial score (nSPS) is 19.7. The first-order chi connectivity index (χ1) is 9.94. The molecule has 0 aromatic heterocycles. The molecule has 0 spiro atoms. The van der Waals surface area contributed by atoms with E-state index in [0.717, 1.165) is 0 Å². The maximum Gasteiger partial charge on any atom is 0.319 e. The number of anilines is 1. The van der Waals surface area contributed by atoms with E-state index in [9.17, 15) is 18.0 Å². The van der Waals surface area contributed by atoms with Crippen LogP contribution in [-0.4, -0.2) is 44.4 Å². The van der Waals surface area contributed by atoms with E-state index in [1.165, 1.54) is 0 Å². The summed E-state index contributed by atoms with van der Waals surface area (Å²) in [5.41, 5.74) is 0.622. The Morgan fingerprint density at radius 1 is 1.19 bits per heavy atom. The van der Waals surface area contributed by atoms with Crippen molar-refractivity contribution < 1.29 is 18.0 Å². The van der Waals surface area contributed by atoms with Gasteiger partial charge in [-0.1, -0.05) is 18.2 Å². The molecule has 21 heavy (non-hydrogen) atoms. The Morgan fingerprint density at radius 2 is 1.90 bits per heavy atom. The number of para-hydroxylation sites is 1. The van der Waals surface area contributed by atoms with Gasteiger partial charge in [-0.15, -0.1) is 0 Å². The van der Waals surface area contributed by atoms with Crippen molar-refractivity contribution in [2.45, 2.75) is 12.5 Å². The summed E-state index contributed by atoms with van der Waals surface area (Å²) in [7, 11) is -3.03. The highest BCUT2D eigenvalue weighted by molar-refractivity contribution is 7.91. The highest BCUT2D eigenvalue weighted by atomic mass is 32.2. The van der Waals surface area contributed by atoms with Crippen LogP contribution in [0.3, 0.4) is 0 Å². The molecular formula is C13H17N3O4S. The molecule has 1 fully saturated rings. The third kappa shape index (κ3) is 5.07. The minimum atomic E-state index is -3.03. The molecule has 8 heteroatoms. The smallest absolute Gasteiger partial charge is 0.319 e. The van der Waals surface area contributed by atoms with Gasteiger partial charge in [-0.2, -0.15) is 0 Å². The van der Waals surface area contributed by atoms with Gasteiger partial charge in [0.1, 0.15) is 0 Å². The van der Waals surface area contributed by atoms with E-state index in [2.05, 4.69) is 16.0 Å². The summed E-state index contributed by atoms with van der Waals surface area (Å²) in [6.07, 6.45) is 0.421. The number of nitrogens with one attached hydrogen (secondary N) is 3. The summed E-state index contributed by atoms with van der Waals surface area (Å²) in [6.45, 7) is -0.199. The minimum absolute atomic E-state index is 0.0328. The second-order valence-corrected chi connectivity index (χ2v) is 7.07. The number of hydrogen-bond acceptors (Lipinski definition) is 4. The van der Waals surface area contributed by atoms with Gasteiger partial charge in [0.15, 0.2) is 9.84 Å². The number of urea groups is 1. The zero-order valence-corrected chi connectivity index (χ0v) is 12.2. The average Bonchev–Trinajstić information content (AvgIpc) is 2.77. The quantitative estimate of drug-likeness (QED) is 0.734. The van der Waals surface area contributed by atoms with Crippen LogP contribution < -0.4 is 16.0 Å². The molecule has 1 unspecified atom stereocenters. The summed E-state index contributed by atoms with van der Waals surface area (Å²) in [5.74, 6) is -0.338. The van der Waals surface area contributed by atoms with Crippen molar-refractivity contribution >= 4 is 27.5 Å². The third-order valence-electron chi connectivity index (χ3n) is 3.04. The van der Waals surface area contributed by atoms with Crippen molar-refractivity contribution in [2.24, 2.45) is 0 Å². The van der Waals surface area contributed by atoms with Gasteiger partial charge in [-0.25, -0.2) is 13.2 Å². The lowest BCUT2D eigenvalue weighted by Crippen LogP contribution is -2.43. The van der Waals surface area contributed by atoms with Crippen molar-refractivity contribution in [3.8, 4) is 0 Å². The molecule has 0 saturated carbocycles. The minimum Gasteiger partial charge on any atom is -0.351 e. The van der Waals surface area contributed by atoms with E-state index in [1.807, 2.05) is 6.07 Å². The topological polar surface area (TPSA) is 104 Å². The lowest BCUT2D eigenvalue weighted by atomic mass is 10.2. The number of benzene rings is 1. The lowest BCUT2D eigenvalue weighted by molar-refractivity contribution is -0.120. The zero-order valence-electron chi connectivity index (χ0n) is 11.3. The standard InChI is InChI=1S/C13H17N3O4S/c17-12(15-11-6-7-21(19,20)9-11)8-14-13(18)16-10-4-2-1-3-5-10/h1-5,11H,6-9H2,(H,15,17)(H2,14,16,18). The Morgan fingerprint density at radius 3 is 2.52 bits per heavy atom. The fraction of sp³-hybridized carbons (Fsp3) is 0.385. The fourth-order valence-corrected chi connectivity index (χ4v) is 3.72. The van der Waals surface area contributed by atoms with Crippen LogP contribution in [-0.2, 0) is 14.6 Å². The molecule has 1 atom stereocenters. The lowest BCUT2D eigenvalue weighted by Gasteiger charge is -2.11. The van der Waals surface area contributed by atoms with Gasteiger partial charge in [0, 0.05) is 11.7 Å². The van der Waals surface area contributed by atoms with Crippen molar-refractivity contribution in [2.75, 3.05) is 23.4 Å². The Bertz CT molecular complexity index is 616. The van der Waals surface area contributed by atoms with Gasteiger partial charge in [0.25, 0.3) is 0 Å². The first kappa shape index (κ1) is 15.3. The summed E-state index contributed by atoms with van der Waals surface area (Å²) >= 11 is 0. The van der Waals surface area contributed by atoms with Crippen LogP contribution in [0.1, 0.15) is 6.42 Å². The molecule has 3 N–H and O–H groups in total. The van der Waals surface area contributed by atoms with Crippen molar-refractivity contribution in [1.82, 2.24) is 10.6 Å².